The summed E-state index contributed by atoms with van der Waals surface area (Å²) in [6.07, 6.45) is 0.626. The Hall–Kier alpha value is -1.11. The molecule has 0 aromatic heterocycles. The van der Waals surface area contributed by atoms with Gasteiger partial charge in [0, 0.05) is 22.8 Å². The molecular weight excluding hydrogens is 244 g/mol. The second kappa shape index (κ2) is 6.47. The molecule has 0 bridgehead atoms. The first-order valence-corrected chi connectivity index (χ1v) is 5.74. The van der Waals surface area contributed by atoms with E-state index in [-0.39, 0.29) is 6.42 Å². The van der Waals surface area contributed by atoms with Crippen LogP contribution in [0.15, 0.2) is 18.2 Å². The maximum absolute atomic E-state index is 10.6. The average Bonchev–Trinajstić information content (AvgIpc) is 2.22. The van der Waals surface area contributed by atoms with E-state index in [9.17, 15) is 4.79 Å². The van der Waals surface area contributed by atoms with Gasteiger partial charge in [-0.15, -0.1) is 0 Å². The lowest BCUT2D eigenvalue weighted by Crippen LogP contribution is -2.00. The number of thiol groups is 1. The Labute approximate surface area is 105 Å². The Kier molecular flexibility index (Phi) is 5.24. The maximum Gasteiger partial charge on any atom is 0.307 e. The monoisotopic (exact) mass is 254 g/mol. The van der Waals surface area contributed by atoms with E-state index in [1.54, 1.807) is 18.2 Å². The number of carboxylic acids is 1. The van der Waals surface area contributed by atoms with Crippen LogP contribution in [0.1, 0.15) is 17.5 Å². The van der Waals surface area contributed by atoms with Crippen LogP contribution < -0.4 is 0 Å². The van der Waals surface area contributed by atoms with Crippen molar-refractivity contribution in [3.8, 4) is 11.8 Å². The Morgan fingerprint density at radius 3 is 2.88 bits per heavy atom. The van der Waals surface area contributed by atoms with Crippen LogP contribution in [-0.2, 0) is 11.2 Å². The quantitative estimate of drug-likeness (QED) is 0.643. The molecule has 1 N–H and O–H groups in total. The van der Waals surface area contributed by atoms with Crippen molar-refractivity contribution in [3.05, 3.63) is 34.3 Å². The summed E-state index contributed by atoms with van der Waals surface area (Å²) in [7, 11) is 0. The van der Waals surface area contributed by atoms with Crippen molar-refractivity contribution in [3.63, 3.8) is 0 Å². The van der Waals surface area contributed by atoms with Crippen LogP contribution in [-0.4, -0.2) is 16.8 Å². The van der Waals surface area contributed by atoms with Gasteiger partial charge >= 0.3 is 5.97 Å². The van der Waals surface area contributed by atoms with Crippen molar-refractivity contribution < 1.29 is 9.90 Å². The molecule has 0 spiro atoms. The lowest BCUT2D eigenvalue weighted by Gasteiger charge is -2.01. The van der Waals surface area contributed by atoms with Gasteiger partial charge in [-0.25, -0.2) is 0 Å². The molecule has 0 aliphatic rings. The summed E-state index contributed by atoms with van der Waals surface area (Å²) in [4.78, 5) is 10.6. The van der Waals surface area contributed by atoms with Crippen molar-refractivity contribution in [2.75, 3.05) is 5.75 Å². The van der Waals surface area contributed by atoms with Crippen LogP contribution in [0.2, 0.25) is 5.02 Å². The third kappa shape index (κ3) is 4.18. The second-order valence-corrected chi connectivity index (χ2v) is 4.01. The Morgan fingerprint density at radius 2 is 2.25 bits per heavy atom. The van der Waals surface area contributed by atoms with E-state index in [1.165, 1.54) is 0 Å². The molecule has 0 saturated carbocycles. The molecule has 1 aromatic carbocycles. The van der Waals surface area contributed by atoms with Crippen molar-refractivity contribution in [2.24, 2.45) is 0 Å². The lowest BCUT2D eigenvalue weighted by atomic mass is 10.1. The fourth-order valence-electron chi connectivity index (χ4n) is 1.17. The average molecular weight is 255 g/mol. The summed E-state index contributed by atoms with van der Waals surface area (Å²) in [5.74, 6) is 5.68. The van der Waals surface area contributed by atoms with E-state index in [0.717, 1.165) is 5.56 Å². The number of carboxylic acid groups (broad SMARTS) is 1. The first-order valence-electron chi connectivity index (χ1n) is 4.73. The Morgan fingerprint density at radius 1 is 1.50 bits per heavy atom. The Balaban J connectivity index is 2.90. The van der Waals surface area contributed by atoms with Gasteiger partial charge in [0.15, 0.2) is 0 Å². The Bertz CT molecular complexity index is 446. The zero-order valence-electron chi connectivity index (χ0n) is 8.53. The van der Waals surface area contributed by atoms with E-state index in [1.807, 2.05) is 0 Å². The van der Waals surface area contributed by atoms with Gasteiger partial charge in [-0.2, -0.15) is 12.6 Å². The molecule has 0 atom stereocenters. The summed E-state index contributed by atoms with van der Waals surface area (Å²) in [5.41, 5.74) is 1.37. The predicted molar refractivity (Wildman–Crippen MR) is 68.1 cm³/mol. The second-order valence-electron chi connectivity index (χ2n) is 3.15. The first kappa shape index (κ1) is 13.0. The highest BCUT2D eigenvalue weighted by atomic mass is 35.5. The van der Waals surface area contributed by atoms with Crippen LogP contribution in [0.25, 0.3) is 0 Å². The van der Waals surface area contributed by atoms with E-state index >= 15 is 0 Å². The zero-order chi connectivity index (χ0) is 12.0. The summed E-state index contributed by atoms with van der Waals surface area (Å²) in [6.45, 7) is 0. The molecule has 0 heterocycles. The maximum atomic E-state index is 10.6. The number of rotatable bonds is 3. The summed E-state index contributed by atoms with van der Waals surface area (Å²) < 4.78 is 0. The molecule has 16 heavy (non-hydrogen) atoms. The van der Waals surface area contributed by atoms with Gasteiger partial charge < -0.3 is 5.11 Å². The zero-order valence-corrected chi connectivity index (χ0v) is 10.2. The smallest absolute Gasteiger partial charge is 0.307 e. The number of halogens is 1. The lowest BCUT2D eigenvalue weighted by molar-refractivity contribution is -0.136. The van der Waals surface area contributed by atoms with E-state index in [2.05, 4.69) is 24.5 Å². The molecule has 0 radical (unpaired) electrons. The largest absolute Gasteiger partial charge is 0.481 e. The fourth-order valence-corrected chi connectivity index (χ4v) is 1.47. The van der Waals surface area contributed by atoms with Gasteiger partial charge in [0.25, 0.3) is 0 Å². The number of carbonyl (C=O) groups is 1. The summed E-state index contributed by atoms with van der Waals surface area (Å²) in [5, 5.41) is 9.15. The van der Waals surface area contributed by atoms with Gasteiger partial charge in [-0.3, -0.25) is 4.79 Å². The van der Waals surface area contributed by atoms with Crippen LogP contribution >= 0.6 is 24.2 Å². The van der Waals surface area contributed by atoms with Gasteiger partial charge in [0.1, 0.15) is 0 Å². The normalized spacial score (nSPS) is 9.38. The highest BCUT2D eigenvalue weighted by molar-refractivity contribution is 7.80. The highest BCUT2D eigenvalue weighted by Gasteiger charge is 2.05. The van der Waals surface area contributed by atoms with Gasteiger partial charge in [-0.05, 0) is 23.8 Å². The summed E-state index contributed by atoms with van der Waals surface area (Å²) in [6, 6.07) is 5.16. The highest BCUT2D eigenvalue weighted by Crippen LogP contribution is 2.17. The number of benzene rings is 1. The van der Waals surface area contributed by atoms with E-state index < -0.39 is 5.97 Å². The van der Waals surface area contributed by atoms with Crippen LogP contribution in [0.3, 0.4) is 0 Å². The summed E-state index contributed by atoms with van der Waals surface area (Å²) >= 11 is 9.93. The number of hydrogen-bond acceptors (Lipinski definition) is 2. The SMILES string of the molecule is O=C(O)Cc1cc(C#CCCS)ccc1Cl. The van der Waals surface area contributed by atoms with E-state index in [4.69, 9.17) is 16.7 Å². The number of hydrogen-bond donors (Lipinski definition) is 2. The number of aliphatic carboxylic acids is 1. The molecule has 0 aliphatic carbocycles. The fraction of sp³-hybridized carbons (Fsp3) is 0.250. The van der Waals surface area contributed by atoms with Crippen molar-refractivity contribution in [1.82, 2.24) is 0 Å². The molecule has 1 aromatic rings. The molecule has 0 fully saturated rings. The third-order valence-corrected chi connectivity index (χ3v) is 2.45. The molecule has 0 aliphatic heterocycles. The molecule has 4 heteroatoms. The van der Waals surface area contributed by atoms with Gasteiger partial charge in [0.2, 0.25) is 0 Å². The molecule has 1 rings (SSSR count). The standard InChI is InChI=1S/C12H11ClO2S/c13-11-5-4-9(3-1-2-6-16)7-10(11)8-12(14)15/h4-5,7,16H,2,6,8H2,(H,14,15). The van der Waals surface area contributed by atoms with Gasteiger partial charge in [0.05, 0.1) is 6.42 Å². The molecule has 0 saturated heterocycles. The van der Waals surface area contributed by atoms with E-state index in [0.29, 0.717) is 22.8 Å². The van der Waals surface area contributed by atoms with Crippen molar-refractivity contribution in [1.29, 1.82) is 0 Å². The van der Waals surface area contributed by atoms with Crippen LogP contribution in [0.5, 0.6) is 0 Å². The third-order valence-electron chi connectivity index (χ3n) is 1.86. The predicted octanol–water partition coefficient (Wildman–Crippen LogP) is 2.64. The van der Waals surface area contributed by atoms with Crippen molar-refractivity contribution in [2.45, 2.75) is 12.8 Å². The topological polar surface area (TPSA) is 37.3 Å². The molecule has 84 valence electrons. The first-order chi connectivity index (χ1) is 7.63. The molecule has 0 amide bonds. The minimum atomic E-state index is -0.901. The minimum Gasteiger partial charge on any atom is -0.481 e. The van der Waals surface area contributed by atoms with Crippen LogP contribution in [0.4, 0.5) is 0 Å². The molecule has 2 nitrogen and oxygen atoms in total. The van der Waals surface area contributed by atoms with Crippen LogP contribution in [0, 0.1) is 11.8 Å². The molecule has 0 unspecified atom stereocenters. The minimum absolute atomic E-state index is 0.0824. The van der Waals surface area contributed by atoms with Gasteiger partial charge in [-0.1, -0.05) is 23.4 Å². The molecular formula is C12H11ClO2S. The van der Waals surface area contributed by atoms with Crippen molar-refractivity contribution >= 4 is 30.2 Å².